The van der Waals surface area contributed by atoms with Crippen LogP contribution in [0.25, 0.3) is 0 Å². The van der Waals surface area contributed by atoms with Crippen LogP contribution in [0.15, 0.2) is 0 Å². The largest absolute Gasteiger partial charge is 0.351 e. The molecular formula is C13H25N3O. The first-order valence-corrected chi connectivity index (χ1v) is 6.99. The standard InChI is InChI=1S/C13H25N3O/c1-11(10-16-7-3-2-4-8-16)15-13(17)9-14-12-5-6-12/h11-12,14H,2-10H2,1H3,(H,15,17). The zero-order valence-electron chi connectivity index (χ0n) is 10.9. The molecule has 1 unspecified atom stereocenters. The molecule has 1 saturated heterocycles. The van der Waals surface area contributed by atoms with Crippen LogP contribution in [0.3, 0.4) is 0 Å². The van der Waals surface area contributed by atoms with E-state index in [4.69, 9.17) is 0 Å². The summed E-state index contributed by atoms with van der Waals surface area (Å²) in [5.74, 6) is 0.140. The maximum atomic E-state index is 11.6. The van der Waals surface area contributed by atoms with Gasteiger partial charge in [-0.15, -0.1) is 0 Å². The van der Waals surface area contributed by atoms with Crippen LogP contribution < -0.4 is 10.6 Å². The molecule has 2 rings (SSSR count). The van der Waals surface area contributed by atoms with E-state index >= 15 is 0 Å². The lowest BCUT2D eigenvalue weighted by molar-refractivity contribution is -0.121. The van der Waals surface area contributed by atoms with E-state index in [1.54, 1.807) is 0 Å². The Morgan fingerprint density at radius 3 is 2.65 bits per heavy atom. The fourth-order valence-electron chi connectivity index (χ4n) is 2.43. The van der Waals surface area contributed by atoms with Crippen molar-refractivity contribution in [2.45, 2.75) is 51.1 Å². The number of hydrogen-bond donors (Lipinski definition) is 2. The second-order valence-electron chi connectivity index (χ2n) is 5.49. The van der Waals surface area contributed by atoms with E-state index in [-0.39, 0.29) is 11.9 Å². The summed E-state index contributed by atoms with van der Waals surface area (Å²) >= 11 is 0. The zero-order chi connectivity index (χ0) is 12.1. The molecule has 1 saturated carbocycles. The summed E-state index contributed by atoms with van der Waals surface area (Å²) in [4.78, 5) is 14.1. The average molecular weight is 239 g/mol. The van der Waals surface area contributed by atoms with Gasteiger partial charge in [0, 0.05) is 18.6 Å². The molecule has 1 aliphatic heterocycles. The molecule has 4 nitrogen and oxygen atoms in total. The van der Waals surface area contributed by atoms with Crippen molar-refractivity contribution < 1.29 is 4.79 Å². The summed E-state index contributed by atoms with van der Waals surface area (Å²) < 4.78 is 0. The second-order valence-corrected chi connectivity index (χ2v) is 5.49. The summed E-state index contributed by atoms with van der Waals surface area (Å²) in [7, 11) is 0. The van der Waals surface area contributed by atoms with Crippen LogP contribution >= 0.6 is 0 Å². The first-order valence-electron chi connectivity index (χ1n) is 6.99. The molecule has 2 fully saturated rings. The quantitative estimate of drug-likeness (QED) is 0.718. The number of likely N-dealkylation sites (tertiary alicyclic amines) is 1. The Morgan fingerprint density at radius 1 is 1.29 bits per heavy atom. The Morgan fingerprint density at radius 2 is 2.00 bits per heavy atom. The highest BCUT2D eigenvalue weighted by molar-refractivity contribution is 5.78. The molecule has 17 heavy (non-hydrogen) atoms. The van der Waals surface area contributed by atoms with Crippen molar-refractivity contribution >= 4 is 5.91 Å². The molecule has 2 N–H and O–H groups in total. The van der Waals surface area contributed by atoms with Crippen molar-refractivity contribution in [2.75, 3.05) is 26.2 Å². The normalized spacial score (nSPS) is 23.4. The van der Waals surface area contributed by atoms with Crippen molar-refractivity contribution in [1.82, 2.24) is 15.5 Å². The molecular weight excluding hydrogens is 214 g/mol. The van der Waals surface area contributed by atoms with Crippen molar-refractivity contribution in [1.29, 1.82) is 0 Å². The van der Waals surface area contributed by atoms with E-state index < -0.39 is 0 Å². The summed E-state index contributed by atoms with van der Waals surface area (Å²) in [5, 5.41) is 6.31. The first kappa shape index (κ1) is 12.8. The lowest BCUT2D eigenvalue weighted by atomic mass is 10.1. The molecule has 98 valence electrons. The molecule has 0 aromatic carbocycles. The number of hydrogen-bond acceptors (Lipinski definition) is 3. The van der Waals surface area contributed by atoms with Gasteiger partial charge in [-0.25, -0.2) is 0 Å². The van der Waals surface area contributed by atoms with Gasteiger partial charge in [0.15, 0.2) is 0 Å². The van der Waals surface area contributed by atoms with E-state index in [9.17, 15) is 4.79 Å². The topological polar surface area (TPSA) is 44.4 Å². The van der Waals surface area contributed by atoms with Crippen LogP contribution in [-0.2, 0) is 4.79 Å². The van der Waals surface area contributed by atoms with Gasteiger partial charge in [-0.1, -0.05) is 6.42 Å². The van der Waals surface area contributed by atoms with Crippen molar-refractivity contribution in [3.05, 3.63) is 0 Å². The van der Waals surface area contributed by atoms with Gasteiger partial charge in [0.05, 0.1) is 6.54 Å². The van der Waals surface area contributed by atoms with E-state index in [1.807, 2.05) is 0 Å². The minimum atomic E-state index is 0.140. The van der Waals surface area contributed by atoms with Crippen molar-refractivity contribution in [3.8, 4) is 0 Å². The maximum absolute atomic E-state index is 11.6. The van der Waals surface area contributed by atoms with Crippen LogP contribution in [0.2, 0.25) is 0 Å². The fourth-order valence-corrected chi connectivity index (χ4v) is 2.43. The molecule has 0 radical (unpaired) electrons. The molecule has 1 heterocycles. The number of amides is 1. The summed E-state index contributed by atoms with van der Waals surface area (Å²) in [6.45, 7) is 5.97. The maximum Gasteiger partial charge on any atom is 0.234 e. The molecule has 4 heteroatoms. The van der Waals surface area contributed by atoms with Gasteiger partial charge < -0.3 is 15.5 Å². The number of nitrogens with one attached hydrogen (secondary N) is 2. The number of nitrogens with zero attached hydrogens (tertiary/aromatic N) is 1. The molecule has 0 spiro atoms. The number of rotatable bonds is 6. The summed E-state index contributed by atoms with van der Waals surface area (Å²) in [6, 6.07) is 0.875. The average Bonchev–Trinajstić information content (AvgIpc) is 3.11. The van der Waals surface area contributed by atoms with Crippen molar-refractivity contribution in [2.24, 2.45) is 0 Å². The highest BCUT2D eigenvalue weighted by atomic mass is 16.2. The van der Waals surface area contributed by atoms with Gasteiger partial charge in [-0.05, 0) is 45.7 Å². The molecule has 1 aliphatic carbocycles. The molecule has 1 atom stereocenters. The molecule has 0 aromatic heterocycles. The van der Waals surface area contributed by atoms with E-state index in [0.717, 1.165) is 6.54 Å². The lowest BCUT2D eigenvalue weighted by Crippen LogP contribution is -2.46. The Bertz CT molecular complexity index is 247. The van der Waals surface area contributed by atoms with Crippen LogP contribution in [0.1, 0.15) is 39.0 Å². The molecule has 2 aliphatic rings. The number of carbonyl (C=O) groups excluding carboxylic acids is 1. The van der Waals surface area contributed by atoms with Crippen LogP contribution in [-0.4, -0.2) is 49.1 Å². The van der Waals surface area contributed by atoms with Gasteiger partial charge in [0.2, 0.25) is 5.91 Å². The van der Waals surface area contributed by atoms with Gasteiger partial charge in [0.1, 0.15) is 0 Å². The smallest absolute Gasteiger partial charge is 0.234 e. The minimum Gasteiger partial charge on any atom is -0.351 e. The van der Waals surface area contributed by atoms with E-state index in [1.165, 1.54) is 45.2 Å². The zero-order valence-corrected chi connectivity index (χ0v) is 10.9. The van der Waals surface area contributed by atoms with E-state index in [2.05, 4.69) is 22.5 Å². The third-order valence-corrected chi connectivity index (χ3v) is 3.52. The van der Waals surface area contributed by atoms with E-state index in [0.29, 0.717) is 12.6 Å². The van der Waals surface area contributed by atoms with Crippen LogP contribution in [0.4, 0.5) is 0 Å². The monoisotopic (exact) mass is 239 g/mol. The SMILES string of the molecule is CC(CN1CCCCC1)NC(=O)CNC1CC1. The summed E-state index contributed by atoms with van der Waals surface area (Å²) in [6.07, 6.45) is 6.45. The second kappa shape index (κ2) is 6.36. The third kappa shape index (κ3) is 5.04. The number of piperidine rings is 1. The van der Waals surface area contributed by atoms with Gasteiger partial charge in [-0.3, -0.25) is 4.79 Å². The highest BCUT2D eigenvalue weighted by Gasteiger charge is 2.21. The highest BCUT2D eigenvalue weighted by Crippen LogP contribution is 2.17. The molecule has 0 aromatic rings. The van der Waals surface area contributed by atoms with Gasteiger partial charge in [0.25, 0.3) is 0 Å². The predicted molar refractivity (Wildman–Crippen MR) is 68.9 cm³/mol. The Balaban J connectivity index is 1.57. The predicted octanol–water partition coefficient (Wildman–Crippen LogP) is 0.729. The third-order valence-electron chi connectivity index (χ3n) is 3.52. The van der Waals surface area contributed by atoms with Crippen LogP contribution in [0.5, 0.6) is 0 Å². The fraction of sp³-hybridized carbons (Fsp3) is 0.923. The molecule has 1 amide bonds. The van der Waals surface area contributed by atoms with Gasteiger partial charge >= 0.3 is 0 Å². The lowest BCUT2D eigenvalue weighted by Gasteiger charge is -2.29. The molecule has 0 bridgehead atoms. The number of carbonyl (C=O) groups is 1. The minimum absolute atomic E-state index is 0.140. The van der Waals surface area contributed by atoms with Crippen molar-refractivity contribution in [3.63, 3.8) is 0 Å². The summed E-state index contributed by atoms with van der Waals surface area (Å²) in [5.41, 5.74) is 0. The van der Waals surface area contributed by atoms with Gasteiger partial charge in [-0.2, -0.15) is 0 Å². The first-order chi connectivity index (χ1) is 8.24. The Kier molecular flexibility index (Phi) is 4.80. The Labute approximate surface area is 104 Å². The van der Waals surface area contributed by atoms with Crippen LogP contribution in [0, 0.1) is 0 Å². The Hall–Kier alpha value is -0.610.